The van der Waals surface area contributed by atoms with Crippen LogP contribution in [0.1, 0.15) is 11.1 Å². The van der Waals surface area contributed by atoms with E-state index in [2.05, 4.69) is 0 Å². The zero-order chi connectivity index (χ0) is 34.2. The van der Waals surface area contributed by atoms with Gasteiger partial charge in [-0.25, -0.2) is 4.79 Å². The minimum absolute atomic E-state index is 0.0539. The second kappa shape index (κ2) is 16.5. The van der Waals surface area contributed by atoms with E-state index in [-0.39, 0.29) is 36.0 Å². The van der Waals surface area contributed by atoms with Gasteiger partial charge in [-0.15, -0.1) is 0 Å². The summed E-state index contributed by atoms with van der Waals surface area (Å²) < 4.78 is 37.9. The quantitative estimate of drug-likeness (QED) is 0.0900. The van der Waals surface area contributed by atoms with Crippen LogP contribution in [-0.4, -0.2) is 142 Å². The Morgan fingerprint density at radius 3 is 2.21 bits per heavy atom. The maximum Gasteiger partial charge on any atom is 0.330 e. The number of ether oxygens (including phenoxy) is 7. The highest BCUT2D eigenvalue weighted by Crippen LogP contribution is 2.31. The minimum Gasteiger partial charge on any atom is -0.504 e. The average Bonchev–Trinajstić information content (AvgIpc) is 3.06. The summed E-state index contributed by atoms with van der Waals surface area (Å²) in [6, 6.07) is 9.14. The van der Waals surface area contributed by atoms with Crippen molar-refractivity contribution in [2.75, 3.05) is 34.0 Å². The van der Waals surface area contributed by atoms with Gasteiger partial charge in [0.1, 0.15) is 55.4 Å². The fourth-order valence-electron chi connectivity index (χ4n) is 5.03. The number of phenols is 2. The van der Waals surface area contributed by atoms with Crippen molar-refractivity contribution in [3.8, 4) is 23.0 Å². The summed E-state index contributed by atoms with van der Waals surface area (Å²) in [7, 11) is 2.78. The van der Waals surface area contributed by atoms with Gasteiger partial charge in [-0.1, -0.05) is 12.1 Å². The number of hydrogen-bond donors (Lipinski definition) is 8. The first-order valence-corrected chi connectivity index (χ1v) is 14.6. The van der Waals surface area contributed by atoms with Crippen LogP contribution in [-0.2, 0) is 34.9 Å². The van der Waals surface area contributed by atoms with Crippen LogP contribution in [0.15, 0.2) is 42.5 Å². The number of benzene rings is 2. The summed E-state index contributed by atoms with van der Waals surface area (Å²) in [5.74, 6) is -0.536. The lowest BCUT2D eigenvalue weighted by atomic mass is 9.97. The van der Waals surface area contributed by atoms with Gasteiger partial charge in [0.05, 0.1) is 27.4 Å². The molecule has 4 rings (SSSR count). The third-order valence-electron chi connectivity index (χ3n) is 7.70. The topological polar surface area (TPSA) is 244 Å². The van der Waals surface area contributed by atoms with Crippen molar-refractivity contribution in [2.45, 2.75) is 67.8 Å². The number of rotatable bonds is 13. The molecule has 2 aromatic rings. The fraction of sp³-hybridized carbons (Fsp3) is 0.516. The van der Waals surface area contributed by atoms with Crippen molar-refractivity contribution in [3.05, 3.63) is 53.6 Å². The van der Waals surface area contributed by atoms with E-state index in [0.29, 0.717) is 11.1 Å². The Labute approximate surface area is 269 Å². The molecule has 0 bridgehead atoms. The van der Waals surface area contributed by atoms with Crippen LogP contribution in [0, 0.1) is 0 Å². The first-order valence-electron chi connectivity index (χ1n) is 14.6. The average molecular weight is 669 g/mol. The van der Waals surface area contributed by atoms with E-state index in [9.17, 15) is 45.6 Å². The highest BCUT2D eigenvalue weighted by atomic mass is 16.7. The third-order valence-corrected chi connectivity index (χ3v) is 7.70. The van der Waals surface area contributed by atoms with E-state index in [1.54, 1.807) is 12.1 Å². The highest BCUT2D eigenvalue weighted by Gasteiger charge is 2.51. The van der Waals surface area contributed by atoms with E-state index < -0.39 is 80.6 Å². The van der Waals surface area contributed by atoms with Crippen LogP contribution >= 0.6 is 0 Å². The minimum atomic E-state index is -1.84. The van der Waals surface area contributed by atoms with Crippen molar-refractivity contribution in [1.29, 1.82) is 0 Å². The van der Waals surface area contributed by atoms with Gasteiger partial charge in [-0.2, -0.15) is 0 Å². The lowest BCUT2D eigenvalue weighted by Gasteiger charge is -2.46. The van der Waals surface area contributed by atoms with E-state index in [1.165, 1.54) is 44.6 Å². The number of aliphatic hydroxyl groups excluding tert-OH is 6. The Morgan fingerprint density at radius 1 is 0.809 bits per heavy atom. The van der Waals surface area contributed by atoms with Crippen molar-refractivity contribution in [3.63, 3.8) is 0 Å². The molecule has 0 aromatic heterocycles. The molecule has 0 unspecified atom stereocenters. The molecule has 8 N–H and O–H groups in total. The van der Waals surface area contributed by atoms with Crippen LogP contribution in [0.3, 0.4) is 0 Å². The molecule has 2 saturated heterocycles. The molecule has 0 aliphatic carbocycles. The number of carbonyl (C=O) groups excluding carboxylic acids is 1. The highest BCUT2D eigenvalue weighted by molar-refractivity contribution is 5.87. The number of esters is 1. The molecular formula is C31H40O16. The zero-order valence-electron chi connectivity index (χ0n) is 25.6. The molecule has 2 heterocycles. The van der Waals surface area contributed by atoms with Crippen molar-refractivity contribution >= 4 is 12.0 Å². The van der Waals surface area contributed by atoms with Crippen LogP contribution in [0.2, 0.25) is 0 Å². The zero-order valence-corrected chi connectivity index (χ0v) is 25.6. The molecule has 2 aromatic carbocycles. The van der Waals surface area contributed by atoms with Gasteiger partial charge in [0.2, 0.25) is 0 Å². The number of methoxy groups -OCH3 is 2. The summed E-state index contributed by atoms with van der Waals surface area (Å²) in [5.41, 5.74) is 1.17. The van der Waals surface area contributed by atoms with Gasteiger partial charge in [0.25, 0.3) is 0 Å². The lowest BCUT2D eigenvalue weighted by Crippen LogP contribution is -2.65. The van der Waals surface area contributed by atoms with E-state index in [4.69, 9.17) is 33.2 Å². The SMILES string of the molecule is COc1ccc(CCO[C@@H]2O[C@H](COC(=O)/C=C/c3ccc(O)c(OC)c3)[C@@H](O)[C@H](O[C@H]3O[C@H](CO)[C@@H](O)[C@H](O)[C@H]3O)[C@H]2O)cc1O. The summed E-state index contributed by atoms with van der Waals surface area (Å²) >= 11 is 0. The Bertz CT molecular complexity index is 1350. The first-order chi connectivity index (χ1) is 22.5. The Kier molecular flexibility index (Phi) is 12.8. The third kappa shape index (κ3) is 8.88. The van der Waals surface area contributed by atoms with Gasteiger partial charge in [-0.3, -0.25) is 0 Å². The molecule has 47 heavy (non-hydrogen) atoms. The lowest BCUT2D eigenvalue weighted by molar-refractivity contribution is -0.360. The molecule has 2 aliphatic heterocycles. The molecule has 2 aliphatic rings. The van der Waals surface area contributed by atoms with E-state index in [0.717, 1.165) is 6.08 Å². The van der Waals surface area contributed by atoms with Crippen molar-refractivity contribution in [1.82, 2.24) is 0 Å². The van der Waals surface area contributed by atoms with Gasteiger partial charge < -0.3 is 74.0 Å². The fourth-order valence-corrected chi connectivity index (χ4v) is 5.03. The smallest absolute Gasteiger partial charge is 0.330 e. The number of carbonyl (C=O) groups is 1. The number of aliphatic hydroxyl groups is 6. The Balaban J connectivity index is 1.46. The number of aromatic hydroxyl groups is 2. The van der Waals surface area contributed by atoms with Crippen molar-refractivity contribution in [2.24, 2.45) is 0 Å². The summed E-state index contributed by atoms with van der Waals surface area (Å²) in [4.78, 5) is 12.5. The molecule has 0 spiro atoms. The van der Waals surface area contributed by atoms with E-state index in [1.807, 2.05) is 0 Å². The largest absolute Gasteiger partial charge is 0.504 e. The van der Waals surface area contributed by atoms with Gasteiger partial charge in [-0.05, 0) is 47.9 Å². The van der Waals surface area contributed by atoms with Gasteiger partial charge in [0, 0.05) is 6.08 Å². The van der Waals surface area contributed by atoms with Crippen LogP contribution in [0.4, 0.5) is 0 Å². The molecule has 0 amide bonds. The van der Waals surface area contributed by atoms with E-state index >= 15 is 0 Å². The Morgan fingerprint density at radius 2 is 1.53 bits per heavy atom. The van der Waals surface area contributed by atoms with Gasteiger partial charge in [0.15, 0.2) is 35.6 Å². The summed E-state index contributed by atoms with van der Waals surface area (Å²) in [6.45, 7) is -1.34. The first kappa shape index (κ1) is 36.3. The van der Waals surface area contributed by atoms with Crippen molar-refractivity contribution < 1.29 is 78.8 Å². The second-order valence-electron chi connectivity index (χ2n) is 10.8. The molecule has 10 atom stereocenters. The molecule has 260 valence electrons. The van der Waals surface area contributed by atoms with Crippen LogP contribution in [0.5, 0.6) is 23.0 Å². The monoisotopic (exact) mass is 668 g/mol. The Hall–Kier alpha value is -3.55. The molecule has 16 nitrogen and oxygen atoms in total. The normalized spacial score (nSPS) is 31.1. The maximum atomic E-state index is 12.5. The molecule has 0 radical (unpaired) electrons. The molecule has 0 saturated carbocycles. The molecule has 16 heteroatoms. The van der Waals surface area contributed by atoms with Gasteiger partial charge >= 0.3 is 5.97 Å². The standard InChI is InChI=1S/C31H40O16/c1-41-19-7-4-16(11-18(19)34)9-10-43-30-28(40)29(47-31-27(39)26(38)24(36)21(13-32)45-31)25(37)22(46-30)14-44-23(35)8-5-15-3-6-17(33)20(12-15)42-2/h3-8,11-12,21-22,24-34,36-40H,9-10,13-14H2,1-2H3/b8-5+/t21-,22-,24-,25-,26+,27-,28-,29+,30-,31-/m1/s1. The number of hydrogen-bond acceptors (Lipinski definition) is 16. The summed E-state index contributed by atoms with van der Waals surface area (Å²) in [5, 5.41) is 82.3. The molecular weight excluding hydrogens is 628 g/mol. The predicted molar refractivity (Wildman–Crippen MR) is 158 cm³/mol. The van der Waals surface area contributed by atoms with Crippen LogP contribution in [0.25, 0.3) is 6.08 Å². The second-order valence-corrected chi connectivity index (χ2v) is 10.8. The maximum absolute atomic E-state index is 12.5. The number of phenolic OH excluding ortho intramolecular Hbond substituents is 2. The predicted octanol–water partition coefficient (Wildman–Crippen LogP) is -1.44. The molecule has 2 fully saturated rings. The summed E-state index contributed by atoms with van der Waals surface area (Å²) in [6.07, 6.45) is -13.4. The van der Waals surface area contributed by atoms with Crippen LogP contribution < -0.4 is 9.47 Å².